The number of para-hydroxylation sites is 2. The van der Waals surface area contributed by atoms with E-state index in [1.54, 1.807) is 11.3 Å². The molecule has 0 aliphatic rings. The number of rotatable bonds is 11. The molecule has 4 aromatic carbocycles. The molecule has 0 aliphatic heterocycles. The summed E-state index contributed by atoms with van der Waals surface area (Å²) in [6.45, 7) is 2.84. The van der Waals surface area contributed by atoms with Crippen LogP contribution < -0.4 is 9.47 Å². The Kier molecular flexibility index (Phi) is 9.78. The first-order chi connectivity index (χ1) is 20.5. The van der Waals surface area contributed by atoms with Gasteiger partial charge in [-0.3, -0.25) is 4.79 Å². The summed E-state index contributed by atoms with van der Waals surface area (Å²) in [7, 11) is 0. The van der Waals surface area contributed by atoms with Crippen molar-refractivity contribution >= 4 is 68.0 Å². The fourth-order valence-electron chi connectivity index (χ4n) is 5.12. The monoisotopic (exact) mass is 598 g/mol. The molecule has 0 saturated heterocycles. The summed E-state index contributed by atoms with van der Waals surface area (Å²) < 4.78 is 13.2. The number of fused-ring (bicyclic) bond motifs is 2. The molecule has 1 atom stereocenters. The Morgan fingerprint density at radius 1 is 0.744 bits per heavy atom. The van der Waals surface area contributed by atoms with Crippen LogP contribution in [0.5, 0.6) is 11.5 Å². The van der Waals surface area contributed by atoms with Crippen molar-refractivity contribution in [3.05, 3.63) is 131 Å². The Morgan fingerprint density at radius 3 is 2.00 bits per heavy atom. The van der Waals surface area contributed by atoms with Crippen LogP contribution in [0.15, 0.2) is 109 Å². The fraction of sp³-hybridized carbons (Fsp3) is 0.171. The Bertz CT molecular complexity index is 1810. The van der Waals surface area contributed by atoms with E-state index in [1.807, 2.05) is 97.1 Å². The summed E-state index contributed by atoms with van der Waals surface area (Å²) in [4.78, 5) is 20.9. The molecule has 0 bridgehead atoms. The van der Waals surface area contributed by atoms with Crippen LogP contribution in [0.3, 0.4) is 0 Å². The molecular weight excluding hydrogens is 567 g/mol. The number of carbonyl (C=O) groups is 1. The van der Waals surface area contributed by atoms with E-state index in [-0.39, 0.29) is 36.0 Å². The van der Waals surface area contributed by atoms with E-state index in [0.717, 1.165) is 54.4 Å². The van der Waals surface area contributed by atoms with Gasteiger partial charge in [-0.15, -0.1) is 11.3 Å². The van der Waals surface area contributed by atoms with Crippen LogP contribution in [0.4, 0.5) is 0 Å². The third-order valence-corrected chi connectivity index (χ3v) is 8.57. The maximum absolute atomic E-state index is 11.6. The van der Waals surface area contributed by atoms with E-state index in [0.29, 0.717) is 19.6 Å². The van der Waals surface area contributed by atoms with Crippen LogP contribution in [0.25, 0.3) is 21.1 Å². The molecule has 1 N–H and O–H groups in total. The second-order valence-corrected chi connectivity index (χ2v) is 11.5. The first kappa shape index (κ1) is 30.7. The summed E-state index contributed by atoms with van der Waals surface area (Å²) in [5.74, 6) is 0.650. The summed E-state index contributed by atoms with van der Waals surface area (Å²) in [5.41, 5.74) is 4.30. The number of thiazole rings is 1. The first-order valence-corrected chi connectivity index (χ1v) is 14.7. The molecule has 212 valence electrons. The van der Waals surface area contributed by atoms with Crippen molar-refractivity contribution in [1.82, 2.24) is 9.97 Å². The van der Waals surface area contributed by atoms with Gasteiger partial charge in [0.25, 0.3) is 0 Å². The number of aliphatic carboxylic acids is 1. The van der Waals surface area contributed by atoms with Crippen molar-refractivity contribution in [3.63, 3.8) is 0 Å². The second-order valence-electron chi connectivity index (χ2n) is 10.4. The van der Waals surface area contributed by atoms with Crippen molar-refractivity contribution in [1.29, 1.82) is 0 Å². The summed E-state index contributed by atoms with van der Waals surface area (Å²) in [6, 6.07) is 35.9. The number of carboxylic acids is 1. The SMILES string of the molecule is CC(CCC(=O)O)(c1ccc(OCc2ccc3ccccc3n2)cc1)c1ccc(OCc2nc3ccccc3s2)cc1.[NaH]. The predicted octanol–water partition coefficient (Wildman–Crippen LogP) is 7.52. The summed E-state index contributed by atoms with van der Waals surface area (Å²) in [5, 5.41) is 11.5. The Labute approximate surface area is 276 Å². The van der Waals surface area contributed by atoms with Gasteiger partial charge in [-0.2, -0.15) is 0 Å². The van der Waals surface area contributed by atoms with Crippen molar-refractivity contribution in [2.24, 2.45) is 0 Å². The molecule has 6 rings (SSSR count). The quantitative estimate of drug-likeness (QED) is 0.155. The third-order valence-electron chi connectivity index (χ3n) is 7.57. The number of benzene rings is 4. The molecule has 6 aromatic rings. The molecular formula is C35H31N2NaO4S. The number of hydrogen-bond acceptors (Lipinski definition) is 6. The predicted molar refractivity (Wildman–Crippen MR) is 173 cm³/mol. The van der Waals surface area contributed by atoms with Gasteiger partial charge in [0.05, 0.1) is 21.4 Å². The van der Waals surface area contributed by atoms with Crippen LogP contribution in [-0.2, 0) is 23.4 Å². The van der Waals surface area contributed by atoms with Crippen molar-refractivity contribution in [2.75, 3.05) is 0 Å². The van der Waals surface area contributed by atoms with Crippen LogP contribution in [0.2, 0.25) is 0 Å². The van der Waals surface area contributed by atoms with Gasteiger partial charge in [0.2, 0.25) is 0 Å². The van der Waals surface area contributed by atoms with E-state index < -0.39 is 11.4 Å². The van der Waals surface area contributed by atoms with E-state index >= 15 is 0 Å². The van der Waals surface area contributed by atoms with Crippen molar-refractivity contribution in [3.8, 4) is 11.5 Å². The first-order valence-electron chi connectivity index (χ1n) is 13.8. The fourth-order valence-corrected chi connectivity index (χ4v) is 6.00. The molecule has 0 spiro atoms. The molecule has 0 fully saturated rings. The van der Waals surface area contributed by atoms with Gasteiger partial charge in [0, 0.05) is 17.2 Å². The van der Waals surface area contributed by atoms with E-state index in [4.69, 9.17) is 9.47 Å². The molecule has 0 saturated carbocycles. The third kappa shape index (κ3) is 7.25. The van der Waals surface area contributed by atoms with Gasteiger partial charge in [-0.1, -0.05) is 67.6 Å². The van der Waals surface area contributed by atoms with Gasteiger partial charge in [0.15, 0.2) is 0 Å². The van der Waals surface area contributed by atoms with E-state index in [9.17, 15) is 9.90 Å². The average molecular weight is 599 g/mol. The number of pyridine rings is 1. The van der Waals surface area contributed by atoms with Crippen LogP contribution >= 0.6 is 11.3 Å². The number of hydrogen-bond donors (Lipinski definition) is 1. The van der Waals surface area contributed by atoms with Crippen LogP contribution in [0, 0.1) is 0 Å². The van der Waals surface area contributed by atoms with Crippen LogP contribution in [0.1, 0.15) is 41.6 Å². The Balaban J connectivity index is 0.00000368. The van der Waals surface area contributed by atoms with Gasteiger partial charge in [-0.05, 0) is 66.1 Å². The topological polar surface area (TPSA) is 81.5 Å². The molecule has 1 unspecified atom stereocenters. The molecule has 6 nitrogen and oxygen atoms in total. The normalized spacial score (nSPS) is 12.4. The molecule has 0 aliphatic carbocycles. The van der Waals surface area contributed by atoms with Crippen molar-refractivity contribution < 1.29 is 19.4 Å². The summed E-state index contributed by atoms with van der Waals surface area (Å²) in [6.07, 6.45) is 0.508. The number of aromatic nitrogens is 2. The second kappa shape index (κ2) is 13.7. The molecule has 0 radical (unpaired) electrons. The molecule has 2 aromatic heterocycles. The minimum atomic E-state index is -0.820. The number of nitrogens with zero attached hydrogens (tertiary/aromatic N) is 2. The van der Waals surface area contributed by atoms with Crippen molar-refractivity contribution in [2.45, 2.75) is 38.4 Å². The Morgan fingerprint density at radius 2 is 1.35 bits per heavy atom. The zero-order valence-electron chi connectivity index (χ0n) is 23.2. The van der Waals surface area contributed by atoms with E-state index in [2.05, 4.69) is 29.0 Å². The number of ether oxygens (including phenoxy) is 2. The summed E-state index contributed by atoms with van der Waals surface area (Å²) >= 11 is 1.63. The molecule has 8 heteroatoms. The Hall–Kier alpha value is -3.75. The van der Waals surface area contributed by atoms with E-state index in [1.165, 1.54) is 0 Å². The van der Waals surface area contributed by atoms with Gasteiger partial charge in [0.1, 0.15) is 29.7 Å². The minimum absolute atomic E-state index is 0. The van der Waals surface area contributed by atoms with Gasteiger partial charge in [-0.25, -0.2) is 9.97 Å². The maximum atomic E-state index is 11.6. The van der Waals surface area contributed by atoms with Crippen LogP contribution in [-0.4, -0.2) is 50.6 Å². The molecule has 43 heavy (non-hydrogen) atoms. The zero-order valence-corrected chi connectivity index (χ0v) is 24.0. The van der Waals surface area contributed by atoms with Gasteiger partial charge < -0.3 is 14.6 Å². The standard InChI is InChI=1S/C35H30N2O4S.Na.H/c1-35(21-20-34(38)39,26-13-18-29(19-14-26)41-23-33-37-31-8-4-5-9-32(31)42-33)25-11-16-28(17-12-25)40-22-27-15-10-24-6-2-3-7-30(24)36-27;;/h2-19H,20-23H2,1H3,(H,38,39);;. The average Bonchev–Trinajstić information content (AvgIpc) is 3.45. The van der Waals surface area contributed by atoms with Gasteiger partial charge >= 0.3 is 35.5 Å². The number of carboxylic acid groups (broad SMARTS) is 1. The molecule has 2 heterocycles. The zero-order chi connectivity index (χ0) is 28.9. The molecule has 0 amide bonds.